The van der Waals surface area contributed by atoms with Crippen molar-refractivity contribution in [3.63, 3.8) is 0 Å². The van der Waals surface area contributed by atoms with Crippen molar-refractivity contribution < 1.29 is 14.3 Å². The lowest BCUT2D eigenvalue weighted by Crippen LogP contribution is -2.34. The first kappa shape index (κ1) is 20.7. The monoisotopic (exact) mass is 386 g/mol. The number of hydrogen-bond donors (Lipinski definition) is 2. The highest BCUT2D eigenvalue weighted by Crippen LogP contribution is 2.19. The minimum absolute atomic E-state index is 0.0379. The molecule has 0 aliphatic heterocycles. The molecule has 144 valence electrons. The molecule has 0 spiro atoms. The normalized spacial score (nSPS) is 11.6. The van der Waals surface area contributed by atoms with Crippen molar-refractivity contribution in [1.29, 1.82) is 0 Å². The number of benzene rings is 2. The highest BCUT2D eigenvalue weighted by Gasteiger charge is 2.10. The van der Waals surface area contributed by atoms with Crippen LogP contribution in [-0.4, -0.2) is 23.2 Å². The van der Waals surface area contributed by atoms with Crippen molar-refractivity contribution in [2.45, 2.75) is 46.3 Å². The number of amides is 1. The molecule has 0 aliphatic rings. The fourth-order valence-electron chi connectivity index (χ4n) is 2.28. The fourth-order valence-corrected chi connectivity index (χ4v) is 2.49. The maximum Gasteiger partial charge on any atom is 0.257 e. The Morgan fingerprint density at radius 2 is 1.70 bits per heavy atom. The van der Waals surface area contributed by atoms with Gasteiger partial charge >= 0.3 is 0 Å². The van der Waals surface area contributed by atoms with Crippen molar-refractivity contribution in [2.75, 3.05) is 5.32 Å². The van der Waals surface area contributed by atoms with Crippen LogP contribution < -0.4 is 20.1 Å². The van der Waals surface area contributed by atoms with Crippen LogP contribution in [0.1, 0.15) is 44.5 Å². The molecule has 0 bridgehead atoms. The molecule has 0 saturated carbocycles. The van der Waals surface area contributed by atoms with Crippen molar-refractivity contribution in [3.8, 4) is 11.5 Å². The molecule has 0 fully saturated rings. The molecule has 1 atom stereocenters. The second kappa shape index (κ2) is 9.92. The summed E-state index contributed by atoms with van der Waals surface area (Å²) in [4.78, 5) is 12.4. The summed E-state index contributed by atoms with van der Waals surface area (Å²) >= 11 is 5.25. The van der Waals surface area contributed by atoms with E-state index >= 15 is 0 Å². The molecule has 0 aromatic heterocycles. The maximum atomic E-state index is 12.4. The maximum absolute atomic E-state index is 12.4. The van der Waals surface area contributed by atoms with Gasteiger partial charge in [0, 0.05) is 17.3 Å². The third kappa shape index (κ3) is 6.90. The Bertz CT molecular complexity index is 793. The highest BCUT2D eigenvalue weighted by atomic mass is 32.1. The van der Waals surface area contributed by atoms with E-state index in [4.69, 9.17) is 21.7 Å². The smallest absolute Gasteiger partial charge is 0.257 e. The first-order chi connectivity index (χ1) is 12.9. The lowest BCUT2D eigenvalue weighted by Gasteiger charge is -2.15. The molecule has 0 heterocycles. The van der Waals surface area contributed by atoms with Crippen LogP contribution in [0.5, 0.6) is 11.5 Å². The van der Waals surface area contributed by atoms with Crippen molar-refractivity contribution in [1.82, 2.24) is 5.32 Å². The number of carbonyl (C=O) groups is 1. The van der Waals surface area contributed by atoms with Gasteiger partial charge in [-0.15, -0.1) is 0 Å². The third-order valence-electron chi connectivity index (χ3n) is 3.70. The molecule has 2 N–H and O–H groups in total. The van der Waals surface area contributed by atoms with Crippen LogP contribution in [0, 0.1) is 0 Å². The predicted octanol–water partition coefficient (Wildman–Crippen LogP) is 4.78. The average molecular weight is 387 g/mol. The summed E-state index contributed by atoms with van der Waals surface area (Å²) in [5, 5.41) is 5.91. The van der Waals surface area contributed by atoms with Gasteiger partial charge in [-0.2, -0.15) is 0 Å². The van der Waals surface area contributed by atoms with E-state index in [1.54, 1.807) is 18.2 Å². The van der Waals surface area contributed by atoms with Crippen LogP contribution in [0.2, 0.25) is 0 Å². The molecular weight excluding hydrogens is 360 g/mol. The molecule has 2 aromatic rings. The van der Waals surface area contributed by atoms with Gasteiger partial charge in [-0.25, -0.2) is 0 Å². The highest BCUT2D eigenvalue weighted by molar-refractivity contribution is 7.80. The molecule has 0 radical (unpaired) electrons. The predicted molar refractivity (Wildman–Crippen MR) is 113 cm³/mol. The first-order valence-electron chi connectivity index (χ1n) is 9.03. The van der Waals surface area contributed by atoms with E-state index in [9.17, 15) is 4.79 Å². The van der Waals surface area contributed by atoms with Gasteiger partial charge < -0.3 is 14.8 Å². The zero-order valence-corrected chi connectivity index (χ0v) is 16.9. The average Bonchev–Trinajstić information content (AvgIpc) is 2.61. The Labute approximate surface area is 166 Å². The molecule has 27 heavy (non-hydrogen) atoms. The van der Waals surface area contributed by atoms with E-state index in [2.05, 4.69) is 17.6 Å². The Balaban J connectivity index is 1.97. The van der Waals surface area contributed by atoms with Crippen LogP contribution in [0.15, 0.2) is 48.5 Å². The molecule has 5 nitrogen and oxygen atoms in total. The minimum atomic E-state index is -0.297. The Hall–Kier alpha value is -2.60. The van der Waals surface area contributed by atoms with Gasteiger partial charge in [-0.3, -0.25) is 10.1 Å². The van der Waals surface area contributed by atoms with Crippen LogP contribution >= 0.6 is 12.2 Å². The van der Waals surface area contributed by atoms with Gasteiger partial charge in [0.05, 0.1) is 12.2 Å². The SMILES string of the molecule is CCC(C)Oc1cccc(NC(=S)NC(=O)c2cccc(OC(C)C)c2)c1. The summed E-state index contributed by atoms with van der Waals surface area (Å²) < 4.78 is 11.4. The van der Waals surface area contributed by atoms with E-state index < -0.39 is 0 Å². The van der Waals surface area contributed by atoms with Crippen molar-refractivity contribution in [3.05, 3.63) is 54.1 Å². The van der Waals surface area contributed by atoms with Gasteiger partial charge in [0.25, 0.3) is 5.91 Å². The second-order valence-corrected chi connectivity index (χ2v) is 6.88. The van der Waals surface area contributed by atoms with Gasteiger partial charge in [0.1, 0.15) is 11.5 Å². The van der Waals surface area contributed by atoms with E-state index in [-0.39, 0.29) is 23.2 Å². The van der Waals surface area contributed by atoms with E-state index in [1.807, 2.05) is 51.1 Å². The molecule has 1 unspecified atom stereocenters. The number of carbonyl (C=O) groups excluding carboxylic acids is 1. The number of rotatable bonds is 7. The number of nitrogens with one attached hydrogen (secondary N) is 2. The molecule has 1 amide bonds. The van der Waals surface area contributed by atoms with E-state index in [0.717, 1.165) is 17.9 Å². The quantitative estimate of drug-likeness (QED) is 0.671. The lowest BCUT2D eigenvalue weighted by molar-refractivity contribution is 0.0977. The molecule has 2 rings (SSSR count). The number of ether oxygens (including phenoxy) is 2. The number of anilines is 1. The zero-order chi connectivity index (χ0) is 19.8. The first-order valence-corrected chi connectivity index (χ1v) is 9.44. The molecule has 6 heteroatoms. The number of thiocarbonyl (C=S) groups is 1. The summed E-state index contributed by atoms with van der Waals surface area (Å²) in [6.07, 6.45) is 1.09. The summed E-state index contributed by atoms with van der Waals surface area (Å²) in [5.74, 6) is 1.10. The lowest BCUT2D eigenvalue weighted by atomic mass is 10.2. The van der Waals surface area contributed by atoms with Gasteiger partial charge in [-0.1, -0.05) is 19.1 Å². The topological polar surface area (TPSA) is 59.6 Å². The standard InChI is InChI=1S/C21H26N2O3S/c1-5-15(4)26-19-11-7-9-17(13-19)22-21(27)23-20(24)16-8-6-10-18(12-16)25-14(2)3/h6-15H,5H2,1-4H3,(H2,22,23,24,27). The molecule has 0 aliphatic carbocycles. The van der Waals surface area contributed by atoms with Crippen molar-refractivity contribution >= 4 is 28.9 Å². The Morgan fingerprint density at radius 1 is 1.04 bits per heavy atom. The van der Waals surface area contributed by atoms with Crippen LogP contribution in [0.4, 0.5) is 5.69 Å². The minimum Gasteiger partial charge on any atom is -0.491 e. The molecule has 2 aromatic carbocycles. The van der Waals surface area contributed by atoms with E-state index in [0.29, 0.717) is 11.3 Å². The molecular formula is C21H26N2O3S. The summed E-state index contributed by atoms with van der Waals surface area (Å²) in [6, 6.07) is 14.5. The third-order valence-corrected chi connectivity index (χ3v) is 3.90. The summed E-state index contributed by atoms with van der Waals surface area (Å²) in [7, 11) is 0. The zero-order valence-electron chi connectivity index (χ0n) is 16.1. The van der Waals surface area contributed by atoms with Gasteiger partial charge in [0.15, 0.2) is 5.11 Å². The number of hydrogen-bond acceptors (Lipinski definition) is 4. The van der Waals surface area contributed by atoms with Gasteiger partial charge in [0.2, 0.25) is 0 Å². The van der Waals surface area contributed by atoms with Crippen LogP contribution in [0.3, 0.4) is 0 Å². The largest absolute Gasteiger partial charge is 0.491 e. The van der Waals surface area contributed by atoms with Crippen LogP contribution in [0.25, 0.3) is 0 Å². The summed E-state index contributed by atoms with van der Waals surface area (Å²) in [6.45, 7) is 7.95. The second-order valence-electron chi connectivity index (χ2n) is 6.47. The summed E-state index contributed by atoms with van der Waals surface area (Å²) in [5.41, 5.74) is 1.23. The van der Waals surface area contributed by atoms with Crippen LogP contribution in [-0.2, 0) is 0 Å². The Morgan fingerprint density at radius 3 is 2.37 bits per heavy atom. The fraction of sp³-hybridized carbons (Fsp3) is 0.333. The van der Waals surface area contributed by atoms with Gasteiger partial charge in [-0.05, 0) is 69.7 Å². The Kier molecular flexibility index (Phi) is 7.61. The molecule has 0 saturated heterocycles. The van der Waals surface area contributed by atoms with E-state index in [1.165, 1.54) is 0 Å². The van der Waals surface area contributed by atoms with Crippen molar-refractivity contribution in [2.24, 2.45) is 0 Å².